The third kappa shape index (κ3) is 4.49. The van der Waals surface area contributed by atoms with Crippen molar-refractivity contribution < 1.29 is 17.3 Å². The second kappa shape index (κ2) is 7.98. The maximum absolute atomic E-state index is 13.2. The van der Waals surface area contributed by atoms with Crippen LogP contribution >= 0.6 is 0 Å². The van der Waals surface area contributed by atoms with E-state index in [4.69, 9.17) is 0 Å². The van der Waals surface area contributed by atoms with Gasteiger partial charge in [-0.1, -0.05) is 47.9 Å². The Morgan fingerprint density at radius 2 is 1.90 bits per heavy atom. The molecule has 0 fully saturated rings. The van der Waals surface area contributed by atoms with Gasteiger partial charge in [0.1, 0.15) is 17.4 Å². The van der Waals surface area contributed by atoms with Crippen LogP contribution in [-0.2, 0) is 0 Å². The maximum Gasteiger partial charge on any atom is 0.510 e. The number of nitrogens with one attached hydrogen (secondary N) is 2. The largest absolute Gasteiger partial charge is 0.510 e. The highest BCUT2D eigenvalue weighted by Crippen LogP contribution is 2.19. The number of nitrogens with zero attached hydrogens (tertiary/aromatic N) is 3. The van der Waals surface area contributed by atoms with E-state index in [1.165, 1.54) is 0 Å². The minimum absolute atomic E-state index is 0.0932. The third-order valence-corrected chi connectivity index (χ3v) is 3.85. The summed E-state index contributed by atoms with van der Waals surface area (Å²) >= 11 is 0. The Hall–Kier alpha value is -3.94. The van der Waals surface area contributed by atoms with Crippen molar-refractivity contribution in [3.8, 4) is 17.3 Å². The van der Waals surface area contributed by atoms with Crippen molar-refractivity contribution in [2.24, 2.45) is 5.10 Å². The van der Waals surface area contributed by atoms with Crippen LogP contribution in [0.15, 0.2) is 58.4 Å². The Labute approximate surface area is 161 Å². The summed E-state index contributed by atoms with van der Waals surface area (Å²) in [6.45, 7) is -5.45. The van der Waals surface area contributed by atoms with Crippen LogP contribution in [0.2, 0.25) is 0 Å². The Bertz CT molecular complexity index is 1170. The van der Waals surface area contributed by atoms with Crippen LogP contribution in [0.4, 0.5) is 23.3 Å². The fourth-order valence-corrected chi connectivity index (χ4v) is 2.54. The Morgan fingerprint density at radius 3 is 2.55 bits per heavy atom. The first-order valence-corrected chi connectivity index (χ1v) is 8.18. The first-order chi connectivity index (χ1) is 13.8. The number of anilines is 1. The van der Waals surface area contributed by atoms with Gasteiger partial charge in [0.25, 0.3) is 5.56 Å². The van der Waals surface area contributed by atoms with Gasteiger partial charge in [-0.15, -0.1) is 0 Å². The maximum atomic E-state index is 13.2. The quantitative estimate of drug-likeness (QED) is 0.298. The number of halogens is 4. The van der Waals surface area contributed by atoms with E-state index in [1.54, 1.807) is 36.4 Å². The number of aromatic amines is 1. The fraction of sp³-hybridized carbons (Fsp3) is 0. The van der Waals surface area contributed by atoms with Crippen LogP contribution in [-0.4, -0.2) is 23.2 Å². The summed E-state index contributed by atoms with van der Waals surface area (Å²) in [5, 5.41) is 12.9. The molecule has 11 heteroatoms. The van der Waals surface area contributed by atoms with E-state index in [0.717, 1.165) is 18.3 Å². The van der Waals surface area contributed by atoms with Gasteiger partial charge in [0.2, 0.25) is 5.95 Å². The highest BCUT2D eigenvalue weighted by Gasteiger charge is 2.28. The molecule has 2 aromatic carbocycles. The molecule has 0 aliphatic carbocycles. The number of hydrogen-bond donors (Lipinski definition) is 2. The molecule has 0 aliphatic rings. The molecule has 3 rings (SSSR count). The van der Waals surface area contributed by atoms with Gasteiger partial charge in [-0.05, 0) is 11.6 Å². The molecule has 6 nitrogen and oxygen atoms in total. The number of nitriles is 1. The van der Waals surface area contributed by atoms with Crippen molar-refractivity contribution >= 4 is 24.6 Å². The Balaban J connectivity index is 1.94. The number of hydrazone groups is 1. The highest BCUT2D eigenvalue weighted by molar-refractivity contribution is 6.74. The third-order valence-electron chi connectivity index (χ3n) is 3.85. The van der Waals surface area contributed by atoms with E-state index >= 15 is 0 Å². The zero-order chi connectivity index (χ0) is 21.0. The molecule has 0 atom stereocenters. The van der Waals surface area contributed by atoms with Gasteiger partial charge in [0.15, 0.2) is 0 Å². The summed E-state index contributed by atoms with van der Waals surface area (Å²) in [6.07, 6.45) is 0.838. The molecule has 0 bridgehead atoms. The van der Waals surface area contributed by atoms with Crippen molar-refractivity contribution in [2.75, 3.05) is 5.43 Å². The normalized spacial score (nSPS) is 11.4. The topological polar surface area (TPSA) is 93.9 Å². The van der Waals surface area contributed by atoms with Gasteiger partial charge in [0, 0.05) is 5.56 Å². The van der Waals surface area contributed by atoms with Crippen LogP contribution in [0.25, 0.3) is 11.3 Å². The summed E-state index contributed by atoms with van der Waals surface area (Å²) < 4.78 is 52.4. The zero-order valence-electron chi connectivity index (χ0n) is 14.5. The molecule has 0 spiro atoms. The van der Waals surface area contributed by atoms with Crippen molar-refractivity contribution in [1.29, 1.82) is 5.26 Å². The van der Waals surface area contributed by atoms with Gasteiger partial charge in [0.05, 0.1) is 11.9 Å². The SMILES string of the molecule is N#Cc1c(-c2ccccc2)nc(NN=Cc2ccc(F)cc2[B-](F)(F)F)[nH]c1=O. The van der Waals surface area contributed by atoms with E-state index in [1.807, 2.05) is 0 Å². The van der Waals surface area contributed by atoms with Crippen molar-refractivity contribution in [1.82, 2.24) is 9.97 Å². The predicted octanol–water partition coefficient (Wildman–Crippen LogP) is 2.95. The molecule has 3 aromatic rings. The average molecular weight is 400 g/mol. The molecule has 0 radical (unpaired) electrons. The molecule has 0 saturated carbocycles. The van der Waals surface area contributed by atoms with Gasteiger partial charge < -0.3 is 12.9 Å². The lowest BCUT2D eigenvalue weighted by Gasteiger charge is -2.17. The van der Waals surface area contributed by atoms with Crippen LogP contribution in [0.3, 0.4) is 0 Å². The van der Waals surface area contributed by atoms with Crippen LogP contribution in [0.5, 0.6) is 0 Å². The van der Waals surface area contributed by atoms with E-state index in [0.29, 0.717) is 11.6 Å². The van der Waals surface area contributed by atoms with Crippen molar-refractivity contribution in [3.63, 3.8) is 0 Å². The lowest BCUT2D eigenvalue weighted by Crippen LogP contribution is -2.37. The molecular weight excluding hydrogens is 389 g/mol. The average Bonchev–Trinajstić information content (AvgIpc) is 2.68. The van der Waals surface area contributed by atoms with Gasteiger partial charge in [-0.25, -0.2) is 14.8 Å². The van der Waals surface area contributed by atoms with Crippen LogP contribution in [0, 0.1) is 17.1 Å². The summed E-state index contributed by atoms with van der Waals surface area (Å²) in [5.41, 5.74) is 0.478. The zero-order valence-corrected chi connectivity index (χ0v) is 14.5. The molecule has 29 heavy (non-hydrogen) atoms. The van der Waals surface area contributed by atoms with E-state index in [-0.39, 0.29) is 22.8 Å². The molecule has 1 aromatic heterocycles. The summed E-state index contributed by atoms with van der Waals surface area (Å²) in [6, 6.07) is 12.4. The standard InChI is InChI=1S/C18H11BF4N5O/c20-13-7-6-12(15(8-13)19(21,22)23)10-25-28-18-26-16(11-4-2-1-3-5-11)14(9-24)17(29)27-18/h1-8,10H,(H2,26,27,28,29)/q-1. The predicted molar refractivity (Wildman–Crippen MR) is 101 cm³/mol. The monoisotopic (exact) mass is 400 g/mol. The molecule has 2 N–H and O–H groups in total. The number of benzene rings is 2. The van der Waals surface area contributed by atoms with E-state index in [2.05, 4.69) is 20.5 Å². The fourth-order valence-electron chi connectivity index (χ4n) is 2.54. The number of H-pyrrole nitrogens is 1. The molecule has 0 aliphatic heterocycles. The molecule has 0 saturated heterocycles. The molecule has 0 amide bonds. The molecule has 1 heterocycles. The highest BCUT2D eigenvalue weighted by atomic mass is 19.4. The van der Waals surface area contributed by atoms with Gasteiger partial charge >= 0.3 is 6.98 Å². The lowest BCUT2D eigenvalue weighted by molar-refractivity contribution is 0.500. The second-order valence-corrected chi connectivity index (χ2v) is 5.83. The number of aromatic nitrogens is 2. The first-order valence-electron chi connectivity index (χ1n) is 8.18. The van der Waals surface area contributed by atoms with Crippen molar-refractivity contribution in [2.45, 2.75) is 0 Å². The van der Waals surface area contributed by atoms with Gasteiger partial charge in [-0.3, -0.25) is 9.78 Å². The molecular formula is C18H11BF4N5O-. The summed E-state index contributed by atoms with van der Waals surface area (Å²) in [7, 11) is 0. The Morgan fingerprint density at radius 1 is 1.17 bits per heavy atom. The second-order valence-electron chi connectivity index (χ2n) is 5.83. The minimum Gasteiger partial charge on any atom is -0.445 e. The smallest absolute Gasteiger partial charge is 0.445 e. The Kier molecular flexibility index (Phi) is 5.45. The summed E-state index contributed by atoms with van der Waals surface area (Å²) in [5.74, 6) is -1.19. The van der Waals surface area contributed by atoms with Crippen molar-refractivity contribution in [3.05, 3.63) is 75.8 Å². The number of rotatable bonds is 5. The van der Waals surface area contributed by atoms with Crippen LogP contribution < -0.4 is 16.4 Å². The lowest BCUT2D eigenvalue weighted by atomic mass is 9.77. The van der Waals surface area contributed by atoms with E-state index in [9.17, 15) is 27.4 Å². The van der Waals surface area contributed by atoms with E-state index < -0.39 is 23.8 Å². The minimum atomic E-state index is -5.45. The first kappa shape index (κ1) is 19.8. The van der Waals surface area contributed by atoms with Gasteiger partial charge in [-0.2, -0.15) is 10.4 Å². The summed E-state index contributed by atoms with van der Waals surface area (Å²) in [4.78, 5) is 18.5. The molecule has 0 unspecified atom stereocenters. The molecule has 146 valence electrons. The number of hydrogen-bond acceptors (Lipinski definition) is 5. The van der Waals surface area contributed by atoms with Crippen LogP contribution in [0.1, 0.15) is 11.1 Å².